The van der Waals surface area contributed by atoms with Crippen LogP contribution in [0.15, 0.2) is 42.5 Å². The van der Waals surface area contributed by atoms with Crippen LogP contribution in [0.1, 0.15) is 22.3 Å². The van der Waals surface area contributed by atoms with Crippen molar-refractivity contribution >= 4 is 33.6 Å². The van der Waals surface area contributed by atoms with Gasteiger partial charge in [-0.15, -0.1) is 5.10 Å². The molecule has 1 fully saturated rings. The molecule has 10 heteroatoms. The van der Waals surface area contributed by atoms with Crippen LogP contribution < -0.4 is 4.90 Å². The van der Waals surface area contributed by atoms with Crippen LogP contribution in [0.3, 0.4) is 0 Å². The summed E-state index contributed by atoms with van der Waals surface area (Å²) in [6.07, 6.45) is 0. The number of fused-ring (bicyclic) bond motifs is 1. The van der Waals surface area contributed by atoms with Crippen molar-refractivity contribution in [2.75, 3.05) is 31.1 Å². The van der Waals surface area contributed by atoms with E-state index in [1.165, 1.54) is 21.9 Å². The number of hydrogen-bond donors (Lipinski definition) is 1. The highest BCUT2D eigenvalue weighted by Crippen LogP contribution is 2.40. The van der Waals surface area contributed by atoms with E-state index in [1.807, 2.05) is 24.3 Å². The molecule has 6 nitrogen and oxygen atoms in total. The topological polar surface area (TPSA) is 56.9 Å². The largest absolute Gasteiger partial charge is 0.492 e. The summed E-state index contributed by atoms with van der Waals surface area (Å²) in [6, 6.07) is 11.1. The molecule has 1 aliphatic heterocycles. The lowest BCUT2D eigenvalue weighted by atomic mass is 10.0. The quantitative estimate of drug-likeness (QED) is 0.465. The first-order valence-corrected chi connectivity index (χ1v) is 11.3. The SMILES string of the molecule is Cc1nc2sc(C(c3ccc(F)c(F)c3)N3CCN(c4cccc(Cl)c4)CC3)c(O)n2n1. The number of thiazole rings is 1. The van der Waals surface area contributed by atoms with Crippen LogP contribution >= 0.6 is 22.9 Å². The number of rotatable bonds is 4. The van der Waals surface area contributed by atoms with E-state index in [0.29, 0.717) is 39.3 Å². The summed E-state index contributed by atoms with van der Waals surface area (Å²) in [5.41, 5.74) is 1.61. The molecule has 0 aliphatic carbocycles. The molecule has 3 heterocycles. The summed E-state index contributed by atoms with van der Waals surface area (Å²) in [5.74, 6) is -1.30. The normalized spacial score (nSPS) is 16.1. The molecule has 1 saturated heterocycles. The Morgan fingerprint density at radius 3 is 2.53 bits per heavy atom. The minimum Gasteiger partial charge on any atom is -0.492 e. The summed E-state index contributed by atoms with van der Waals surface area (Å²) in [6.45, 7) is 4.51. The number of piperazine rings is 1. The fourth-order valence-corrected chi connectivity index (χ4v) is 5.50. The lowest BCUT2D eigenvalue weighted by molar-refractivity contribution is 0.210. The van der Waals surface area contributed by atoms with Gasteiger partial charge in [-0.2, -0.15) is 4.52 Å². The Labute approximate surface area is 192 Å². The molecule has 5 rings (SSSR count). The van der Waals surface area contributed by atoms with Crippen LogP contribution in [-0.4, -0.2) is 50.8 Å². The lowest BCUT2D eigenvalue weighted by Gasteiger charge is -2.40. The average Bonchev–Trinajstić information content (AvgIpc) is 3.28. The number of aryl methyl sites for hydroxylation is 1. The van der Waals surface area contributed by atoms with Gasteiger partial charge in [0.25, 0.3) is 0 Å². The van der Waals surface area contributed by atoms with E-state index in [4.69, 9.17) is 11.6 Å². The third kappa shape index (κ3) is 3.80. The van der Waals surface area contributed by atoms with E-state index in [1.54, 1.807) is 13.0 Å². The maximum Gasteiger partial charge on any atom is 0.230 e. The Balaban J connectivity index is 1.49. The molecule has 166 valence electrons. The molecule has 1 N–H and O–H groups in total. The van der Waals surface area contributed by atoms with E-state index in [-0.39, 0.29) is 5.88 Å². The number of hydrogen-bond acceptors (Lipinski definition) is 6. The second-order valence-electron chi connectivity index (χ2n) is 7.72. The van der Waals surface area contributed by atoms with Gasteiger partial charge in [-0.25, -0.2) is 13.8 Å². The van der Waals surface area contributed by atoms with Gasteiger partial charge in [0.1, 0.15) is 5.82 Å². The van der Waals surface area contributed by atoms with Gasteiger partial charge >= 0.3 is 0 Å². The fraction of sp³-hybridized carbons (Fsp3) is 0.273. The fourth-order valence-electron chi connectivity index (χ4n) is 4.15. The first-order chi connectivity index (χ1) is 15.4. The second kappa shape index (κ2) is 8.31. The zero-order valence-corrected chi connectivity index (χ0v) is 18.7. The summed E-state index contributed by atoms with van der Waals surface area (Å²) < 4.78 is 29.2. The van der Waals surface area contributed by atoms with Crippen molar-refractivity contribution in [2.24, 2.45) is 0 Å². The monoisotopic (exact) mass is 475 g/mol. The Morgan fingerprint density at radius 1 is 1.06 bits per heavy atom. The van der Waals surface area contributed by atoms with E-state index < -0.39 is 17.7 Å². The van der Waals surface area contributed by atoms with Crippen LogP contribution in [0.25, 0.3) is 4.96 Å². The van der Waals surface area contributed by atoms with E-state index >= 15 is 0 Å². The number of halogens is 3. The number of aromatic nitrogens is 3. The van der Waals surface area contributed by atoms with Gasteiger partial charge in [0.15, 0.2) is 11.6 Å². The van der Waals surface area contributed by atoms with Crippen molar-refractivity contribution in [1.29, 1.82) is 0 Å². The third-order valence-electron chi connectivity index (χ3n) is 5.67. The maximum atomic E-state index is 14.1. The summed E-state index contributed by atoms with van der Waals surface area (Å²) in [5, 5.41) is 15.8. The van der Waals surface area contributed by atoms with Gasteiger partial charge < -0.3 is 10.0 Å². The molecule has 0 saturated carbocycles. The van der Waals surface area contributed by atoms with E-state index in [9.17, 15) is 13.9 Å². The average molecular weight is 476 g/mol. The molecule has 0 spiro atoms. The smallest absolute Gasteiger partial charge is 0.230 e. The minimum absolute atomic E-state index is 0.0300. The Morgan fingerprint density at radius 2 is 1.84 bits per heavy atom. The van der Waals surface area contributed by atoms with Crippen molar-refractivity contribution < 1.29 is 13.9 Å². The van der Waals surface area contributed by atoms with Crippen molar-refractivity contribution in [3.05, 3.63) is 75.4 Å². The highest BCUT2D eigenvalue weighted by Gasteiger charge is 2.32. The van der Waals surface area contributed by atoms with E-state index in [2.05, 4.69) is 19.9 Å². The first-order valence-electron chi connectivity index (χ1n) is 10.2. The molecule has 2 aromatic heterocycles. The summed E-state index contributed by atoms with van der Waals surface area (Å²) in [7, 11) is 0. The highest BCUT2D eigenvalue weighted by atomic mass is 35.5. The molecule has 1 atom stereocenters. The molecule has 1 unspecified atom stereocenters. The standard InChI is InChI=1S/C22H20ClF2N5OS/c1-13-26-22-30(27-13)21(31)20(32-22)19(14-5-6-17(24)18(25)11-14)29-9-7-28(8-10-29)16-4-2-3-15(23)12-16/h2-6,11-12,19,31H,7-10H2,1H3. The van der Waals surface area contributed by atoms with E-state index in [0.717, 1.165) is 24.8 Å². The third-order valence-corrected chi connectivity index (χ3v) is 6.97. The molecular weight excluding hydrogens is 456 g/mol. The van der Waals surface area contributed by atoms with Crippen molar-refractivity contribution in [3.63, 3.8) is 0 Å². The predicted molar refractivity (Wildman–Crippen MR) is 121 cm³/mol. The predicted octanol–water partition coefficient (Wildman–Crippen LogP) is 4.65. The second-order valence-corrected chi connectivity index (χ2v) is 9.17. The van der Waals surface area contributed by atoms with Crippen molar-refractivity contribution in [1.82, 2.24) is 19.5 Å². The van der Waals surface area contributed by atoms with Gasteiger partial charge in [0, 0.05) is 36.9 Å². The molecule has 0 radical (unpaired) electrons. The van der Waals surface area contributed by atoms with Gasteiger partial charge in [-0.3, -0.25) is 4.90 Å². The van der Waals surface area contributed by atoms with Crippen LogP contribution in [0.5, 0.6) is 5.88 Å². The molecule has 4 aromatic rings. The molecular formula is C22H20ClF2N5OS. The van der Waals surface area contributed by atoms with Crippen LogP contribution in [-0.2, 0) is 0 Å². The molecule has 0 bridgehead atoms. The van der Waals surface area contributed by atoms with Crippen molar-refractivity contribution in [3.8, 4) is 5.88 Å². The molecule has 0 amide bonds. The zero-order valence-electron chi connectivity index (χ0n) is 17.2. The van der Waals surface area contributed by atoms with Gasteiger partial charge in [0.2, 0.25) is 10.8 Å². The zero-order chi connectivity index (χ0) is 22.4. The molecule has 2 aromatic carbocycles. The summed E-state index contributed by atoms with van der Waals surface area (Å²) in [4.78, 5) is 9.89. The van der Waals surface area contributed by atoms with Gasteiger partial charge in [-0.1, -0.05) is 35.1 Å². The minimum atomic E-state index is -0.917. The van der Waals surface area contributed by atoms with Gasteiger partial charge in [0.05, 0.1) is 10.9 Å². The first kappa shape index (κ1) is 21.1. The highest BCUT2D eigenvalue weighted by molar-refractivity contribution is 7.17. The molecule has 32 heavy (non-hydrogen) atoms. The number of nitrogens with zero attached hydrogens (tertiary/aromatic N) is 5. The summed E-state index contributed by atoms with van der Waals surface area (Å²) >= 11 is 7.44. The Hall–Kier alpha value is -2.75. The van der Waals surface area contributed by atoms with Crippen LogP contribution in [0.4, 0.5) is 14.5 Å². The van der Waals surface area contributed by atoms with Gasteiger partial charge in [-0.05, 0) is 42.8 Å². The van der Waals surface area contributed by atoms with Crippen LogP contribution in [0, 0.1) is 18.6 Å². The number of anilines is 1. The Kier molecular flexibility index (Phi) is 5.48. The number of aromatic hydroxyl groups is 1. The van der Waals surface area contributed by atoms with Crippen LogP contribution in [0.2, 0.25) is 5.02 Å². The van der Waals surface area contributed by atoms with Crippen molar-refractivity contribution in [2.45, 2.75) is 13.0 Å². The maximum absolute atomic E-state index is 14.1. The number of benzene rings is 2. The lowest BCUT2D eigenvalue weighted by Crippen LogP contribution is -2.47. The molecule has 1 aliphatic rings. The Bertz CT molecular complexity index is 1280.